The lowest BCUT2D eigenvalue weighted by atomic mass is 10.1. The predicted molar refractivity (Wildman–Crippen MR) is 82.7 cm³/mol. The fourth-order valence-electron chi connectivity index (χ4n) is 2.08. The van der Waals surface area contributed by atoms with Crippen molar-refractivity contribution in [3.05, 3.63) is 21.1 Å². The monoisotopic (exact) mass is 393 g/mol. The van der Waals surface area contributed by atoms with E-state index in [4.69, 9.17) is 4.74 Å². The van der Waals surface area contributed by atoms with Gasteiger partial charge in [-0.25, -0.2) is 0 Å². The van der Waals surface area contributed by atoms with E-state index in [1.54, 1.807) is 12.0 Å². The SMILES string of the molecule is COc1cc(Br)cc(Br)c1N1CC(CS)CC1=O. The van der Waals surface area contributed by atoms with Crippen LogP contribution in [-0.4, -0.2) is 25.3 Å². The van der Waals surface area contributed by atoms with E-state index < -0.39 is 0 Å². The van der Waals surface area contributed by atoms with Gasteiger partial charge in [-0.3, -0.25) is 4.79 Å². The molecule has 18 heavy (non-hydrogen) atoms. The molecule has 3 nitrogen and oxygen atoms in total. The third-order valence-corrected chi connectivity index (χ3v) is 4.53. The van der Waals surface area contributed by atoms with E-state index in [-0.39, 0.29) is 5.91 Å². The van der Waals surface area contributed by atoms with Crippen molar-refractivity contribution >= 4 is 56.1 Å². The maximum atomic E-state index is 12.1. The van der Waals surface area contributed by atoms with Crippen molar-refractivity contribution in [1.82, 2.24) is 0 Å². The summed E-state index contributed by atoms with van der Waals surface area (Å²) in [6.07, 6.45) is 0.551. The van der Waals surface area contributed by atoms with E-state index in [0.717, 1.165) is 20.4 Å². The Bertz CT molecular complexity index is 481. The lowest BCUT2D eigenvalue weighted by Crippen LogP contribution is -2.25. The van der Waals surface area contributed by atoms with Crippen molar-refractivity contribution in [2.45, 2.75) is 6.42 Å². The van der Waals surface area contributed by atoms with Gasteiger partial charge in [0.25, 0.3) is 0 Å². The van der Waals surface area contributed by atoms with E-state index in [1.807, 2.05) is 12.1 Å². The first-order valence-electron chi connectivity index (χ1n) is 5.51. The van der Waals surface area contributed by atoms with Gasteiger partial charge in [0.2, 0.25) is 5.91 Å². The Morgan fingerprint density at radius 3 is 2.78 bits per heavy atom. The molecule has 1 aliphatic heterocycles. The Kier molecular flexibility index (Phi) is 4.61. The van der Waals surface area contributed by atoms with Gasteiger partial charge in [-0.05, 0) is 39.7 Å². The predicted octanol–water partition coefficient (Wildman–Crippen LogP) is 3.50. The lowest BCUT2D eigenvalue weighted by Gasteiger charge is -2.21. The van der Waals surface area contributed by atoms with Crippen molar-refractivity contribution in [2.24, 2.45) is 5.92 Å². The van der Waals surface area contributed by atoms with Gasteiger partial charge < -0.3 is 9.64 Å². The van der Waals surface area contributed by atoms with Gasteiger partial charge >= 0.3 is 0 Å². The molecule has 0 N–H and O–H groups in total. The highest BCUT2D eigenvalue weighted by molar-refractivity contribution is 9.11. The average molecular weight is 395 g/mol. The number of methoxy groups -OCH3 is 1. The van der Waals surface area contributed by atoms with Gasteiger partial charge in [-0.1, -0.05) is 15.9 Å². The smallest absolute Gasteiger partial charge is 0.227 e. The van der Waals surface area contributed by atoms with Gasteiger partial charge in [0, 0.05) is 21.9 Å². The number of thiol groups is 1. The number of carbonyl (C=O) groups excluding carboxylic acids is 1. The largest absolute Gasteiger partial charge is 0.494 e. The molecule has 0 aromatic heterocycles. The van der Waals surface area contributed by atoms with Crippen molar-refractivity contribution in [3.8, 4) is 5.75 Å². The highest BCUT2D eigenvalue weighted by Gasteiger charge is 2.32. The second-order valence-corrected chi connectivity index (χ2v) is 6.33. The maximum absolute atomic E-state index is 12.1. The molecule has 0 radical (unpaired) electrons. The summed E-state index contributed by atoms with van der Waals surface area (Å²) in [6, 6.07) is 3.78. The first kappa shape index (κ1) is 14.2. The number of halogens is 2. The van der Waals surface area contributed by atoms with Crippen LogP contribution < -0.4 is 9.64 Å². The molecule has 1 saturated heterocycles. The molecule has 0 bridgehead atoms. The molecule has 1 heterocycles. The number of rotatable bonds is 3. The number of amides is 1. The van der Waals surface area contributed by atoms with E-state index in [1.165, 1.54) is 0 Å². The van der Waals surface area contributed by atoms with Gasteiger partial charge in [0.15, 0.2) is 0 Å². The van der Waals surface area contributed by atoms with E-state index >= 15 is 0 Å². The lowest BCUT2D eigenvalue weighted by molar-refractivity contribution is -0.117. The summed E-state index contributed by atoms with van der Waals surface area (Å²) >= 11 is 11.2. The zero-order chi connectivity index (χ0) is 13.3. The molecule has 0 saturated carbocycles. The minimum absolute atomic E-state index is 0.121. The fraction of sp³-hybridized carbons (Fsp3) is 0.417. The Morgan fingerprint density at radius 2 is 2.22 bits per heavy atom. The topological polar surface area (TPSA) is 29.5 Å². The number of carbonyl (C=O) groups is 1. The van der Waals surface area contributed by atoms with Gasteiger partial charge in [0.05, 0.1) is 7.11 Å². The number of hydrogen-bond donors (Lipinski definition) is 1. The second-order valence-electron chi connectivity index (χ2n) is 4.20. The fourth-order valence-corrected chi connectivity index (χ4v) is 3.72. The number of ether oxygens (including phenoxy) is 1. The molecule has 98 valence electrons. The third-order valence-electron chi connectivity index (χ3n) is 2.95. The van der Waals surface area contributed by atoms with E-state index in [2.05, 4.69) is 44.5 Å². The van der Waals surface area contributed by atoms with Gasteiger partial charge in [-0.15, -0.1) is 0 Å². The zero-order valence-corrected chi connectivity index (χ0v) is 13.9. The molecular formula is C12H13Br2NO2S. The standard InChI is InChI=1S/C12H13Br2NO2S/c1-17-10-4-8(13)3-9(14)12(10)15-5-7(6-18)2-11(15)16/h3-4,7,18H,2,5-6H2,1H3. The van der Waals surface area contributed by atoms with Crippen LogP contribution in [0.1, 0.15) is 6.42 Å². The molecule has 1 amide bonds. The Balaban J connectivity index is 2.42. The molecule has 0 aliphatic carbocycles. The van der Waals surface area contributed by atoms with Crippen LogP contribution >= 0.6 is 44.5 Å². The van der Waals surface area contributed by atoms with Gasteiger partial charge in [0.1, 0.15) is 11.4 Å². The van der Waals surface area contributed by atoms with Crippen LogP contribution in [0.5, 0.6) is 5.75 Å². The molecule has 1 aromatic carbocycles. The molecule has 1 unspecified atom stereocenters. The van der Waals surface area contributed by atoms with Crippen molar-refractivity contribution < 1.29 is 9.53 Å². The third kappa shape index (κ3) is 2.70. The highest BCUT2D eigenvalue weighted by atomic mass is 79.9. The Morgan fingerprint density at radius 1 is 1.50 bits per heavy atom. The van der Waals surface area contributed by atoms with Gasteiger partial charge in [-0.2, -0.15) is 12.6 Å². The molecule has 1 aromatic rings. The maximum Gasteiger partial charge on any atom is 0.227 e. The van der Waals surface area contributed by atoms with Crippen LogP contribution in [0.3, 0.4) is 0 Å². The number of anilines is 1. The molecule has 0 spiro atoms. The van der Waals surface area contributed by atoms with Crippen LogP contribution in [0.25, 0.3) is 0 Å². The van der Waals surface area contributed by atoms with Crippen LogP contribution in [0.4, 0.5) is 5.69 Å². The summed E-state index contributed by atoms with van der Waals surface area (Å²) in [5.74, 6) is 1.83. The number of hydrogen-bond acceptors (Lipinski definition) is 3. The summed E-state index contributed by atoms with van der Waals surface area (Å²) < 4.78 is 7.12. The van der Waals surface area contributed by atoms with Crippen LogP contribution in [0.15, 0.2) is 21.1 Å². The van der Waals surface area contributed by atoms with Crippen molar-refractivity contribution in [3.63, 3.8) is 0 Å². The summed E-state index contributed by atoms with van der Waals surface area (Å²) in [4.78, 5) is 13.8. The first-order chi connectivity index (χ1) is 8.56. The summed E-state index contributed by atoms with van der Waals surface area (Å²) in [6.45, 7) is 0.693. The summed E-state index contributed by atoms with van der Waals surface area (Å²) in [5.41, 5.74) is 0.801. The molecular weight excluding hydrogens is 382 g/mol. The van der Waals surface area contributed by atoms with Crippen molar-refractivity contribution in [2.75, 3.05) is 24.3 Å². The quantitative estimate of drug-likeness (QED) is 0.795. The average Bonchev–Trinajstić information content (AvgIpc) is 2.69. The highest BCUT2D eigenvalue weighted by Crippen LogP contribution is 2.41. The van der Waals surface area contributed by atoms with Crippen LogP contribution in [0.2, 0.25) is 0 Å². The molecule has 6 heteroatoms. The zero-order valence-electron chi connectivity index (χ0n) is 9.82. The number of nitrogens with zero attached hydrogens (tertiary/aromatic N) is 1. The molecule has 1 fully saturated rings. The molecule has 1 atom stereocenters. The Hall–Kier alpha value is -0.200. The molecule has 1 aliphatic rings. The summed E-state index contributed by atoms with van der Waals surface area (Å²) in [5, 5.41) is 0. The van der Waals surface area contributed by atoms with Crippen LogP contribution in [0, 0.1) is 5.92 Å². The minimum atomic E-state index is 0.121. The molecule has 2 rings (SSSR count). The number of benzene rings is 1. The Labute approximate surface area is 129 Å². The first-order valence-corrected chi connectivity index (χ1v) is 7.73. The van der Waals surface area contributed by atoms with E-state index in [0.29, 0.717) is 24.6 Å². The minimum Gasteiger partial charge on any atom is -0.494 e. The van der Waals surface area contributed by atoms with Crippen LogP contribution in [-0.2, 0) is 4.79 Å². The summed E-state index contributed by atoms with van der Waals surface area (Å²) in [7, 11) is 1.61. The van der Waals surface area contributed by atoms with E-state index in [9.17, 15) is 4.79 Å². The normalized spacial score (nSPS) is 19.4. The van der Waals surface area contributed by atoms with Crippen molar-refractivity contribution in [1.29, 1.82) is 0 Å². The second kappa shape index (κ2) is 5.84.